The molecule has 5 N–H and O–H groups in total. The second kappa shape index (κ2) is 50.2. The van der Waals surface area contributed by atoms with Gasteiger partial charge >= 0.3 is 12.0 Å². The highest BCUT2D eigenvalue weighted by molar-refractivity contribution is 7.92. The lowest BCUT2D eigenvalue weighted by atomic mass is 9.78. The third-order valence-corrected chi connectivity index (χ3v) is 19.5. The van der Waals surface area contributed by atoms with E-state index in [1.165, 1.54) is 25.1 Å². The van der Waals surface area contributed by atoms with E-state index in [0.29, 0.717) is 126 Å². The molecule has 0 fully saturated rings. The Balaban J connectivity index is 0.000000318. The van der Waals surface area contributed by atoms with Crippen LogP contribution in [-0.2, 0) is 81.8 Å². The Hall–Kier alpha value is -7.06. The Kier molecular flexibility index (Phi) is 44.1. The van der Waals surface area contributed by atoms with Gasteiger partial charge in [-0.25, -0.2) is 46.4 Å². The summed E-state index contributed by atoms with van der Waals surface area (Å²) in [6.45, 7) is 15.6. The lowest BCUT2D eigenvalue weighted by molar-refractivity contribution is 0.0519. The van der Waals surface area contributed by atoms with Gasteiger partial charge in [0.2, 0.25) is 20.0 Å². The van der Waals surface area contributed by atoms with Crippen LogP contribution in [0, 0.1) is 0 Å². The van der Waals surface area contributed by atoms with Crippen molar-refractivity contribution in [2.75, 3.05) is 67.6 Å². The van der Waals surface area contributed by atoms with Crippen LogP contribution in [0.2, 0.25) is 51.5 Å². The minimum Gasteiger partial charge on any atom is -0.508 e. The van der Waals surface area contributed by atoms with E-state index in [1.807, 2.05) is 97.1 Å². The number of aromatic nitrogens is 5. The number of esters is 1. The number of hydrogen-bond acceptors (Lipinski definition) is 26. The van der Waals surface area contributed by atoms with Gasteiger partial charge in [0.05, 0.1) is 79.8 Å². The number of benzene rings is 6. The fourth-order valence-corrected chi connectivity index (χ4v) is 12.9. The van der Waals surface area contributed by atoms with Crippen LogP contribution in [-0.4, -0.2) is 129 Å². The quantitative estimate of drug-likeness (QED) is 0.0192. The van der Waals surface area contributed by atoms with Crippen molar-refractivity contribution < 1.29 is 95.0 Å². The van der Waals surface area contributed by atoms with E-state index in [2.05, 4.69) is 98.5 Å². The number of nitrogens with two attached hydrogens (primary N) is 1. The topological polar surface area (TPSA) is 393 Å². The molecule has 121 heavy (non-hydrogen) atoms. The summed E-state index contributed by atoms with van der Waals surface area (Å²) in [6.07, 6.45) is 9.40. The molecule has 5 heterocycles. The molecule has 0 atom stereocenters. The first-order valence-electron chi connectivity index (χ1n) is 34.4. The maximum absolute atomic E-state index is 11.2. The molecular weight excluding hydrogens is 1920 g/mol. The summed E-state index contributed by atoms with van der Waals surface area (Å²) in [7, 11) is -10.1. The molecule has 44 heteroatoms. The van der Waals surface area contributed by atoms with Crippen LogP contribution in [0.25, 0.3) is 0 Å². The van der Waals surface area contributed by atoms with Crippen LogP contribution in [0.15, 0.2) is 163 Å². The Morgan fingerprint density at radius 2 is 0.752 bits per heavy atom. The third-order valence-electron chi connectivity index (χ3n) is 15.6. The van der Waals surface area contributed by atoms with Gasteiger partial charge in [-0.3, -0.25) is 4.18 Å². The minimum absolute atomic E-state index is 0. The molecule has 0 bridgehead atoms. The normalized spacial score (nSPS) is 11.3. The summed E-state index contributed by atoms with van der Waals surface area (Å²) >= 11 is 76.7. The highest BCUT2D eigenvalue weighted by atomic mass is 35.5. The fraction of sp³-hybridized carbons (Fsp3) is 0.325. The van der Waals surface area contributed by atoms with Crippen LogP contribution in [0.5, 0.6) is 34.5 Å². The van der Waals surface area contributed by atoms with Crippen molar-refractivity contribution in [3.63, 3.8) is 0 Å². The van der Waals surface area contributed by atoms with Crippen molar-refractivity contribution >= 4 is 193 Å². The first-order valence-corrected chi connectivity index (χ1v) is 45.5. The number of aromatic hydroxyl groups is 1. The van der Waals surface area contributed by atoms with E-state index in [4.69, 9.17) is 188 Å². The van der Waals surface area contributed by atoms with E-state index >= 15 is 0 Å². The number of carbonyl (C=O) groups is 1. The number of rotatable bonds is 29. The first-order chi connectivity index (χ1) is 56.2. The van der Waals surface area contributed by atoms with Crippen LogP contribution in [0.4, 0.5) is 6.01 Å². The number of hydrogen-bond donors (Lipinski definition) is 4. The zero-order chi connectivity index (χ0) is 89.5. The fourth-order valence-electron chi connectivity index (χ4n) is 9.57. The molecule has 0 aliphatic carbocycles. The van der Waals surface area contributed by atoms with Gasteiger partial charge < -0.3 is 60.7 Å². The number of nitrogens with one attached hydrogen (secondary N) is 1. The van der Waals surface area contributed by atoms with Gasteiger partial charge in [0.25, 0.3) is 31.5 Å². The van der Waals surface area contributed by atoms with E-state index in [9.17, 15) is 35.2 Å². The van der Waals surface area contributed by atoms with Crippen molar-refractivity contribution in [3.05, 3.63) is 254 Å². The second-order valence-corrected chi connectivity index (χ2v) is 35.8. The highest BCUT2D eigenvalue weighted by Gasteiger charge is 2.29. The van der Waals surface area contributed by atoms with Gasteiger partial charge in [0.15, 0.2) is 22.9 Å². The molecule has 28 nitrogen and oxygen atoms in total. The van der Waals surface area contributed by atoms with Crippen LogP contribution in [0.1, 0.15) is 123 Å². The van der Waals surface area contributed by atoms with E-state index in [-0.39, 0.29) is 83.5 Å². The standard InChI is InChI=1S/C22H23Cl3N2O5S.C21H19Cl4NO3.C17H17Cl3O2.C6H6ClNO3.C5H6ClNO4S.C4H4ClNO2.CH5NO2S.CH4/c1-22(2,15-10-18(24)20(19(25)11-15)30-9-8-23)14-4-6-17(7-5-14)31-12-16-13-32-21(26-16)27-33(3,28)29;1-21(2,14-9-17(23)19(18(24)10-14)27-8-7-22)13-3-5-16(6-4-13)28-11-15-12-29-20(25)26-15;1-17(2,11-3-5-13(21)6-4-11)12-9-14(19)16(15(20)10-12)22-8-7-18;1-2-10-5(9)4-3-11-6(7)8-4;1-12(8,9)11-3-4-2-10-5(6)7-4;5-4-6-3(1-7)2-8-4;1-5(2,3)4;/h4-7,10-11,13H,8-9,12H2,1-3H3,(H,26,27);3-6,9-10,12H,7-8,11H2,1-2H3;3-6,9-10,21H,7-8H2,1-2H3;3H,2H2,1H3;2H,3H2,1H3;2,7H,1H2;1H3,(H2,2,3,4);1H4. The van der Waals surface area contributed by atoms with E-state index in [0.717, 1.165) is 58.4 Å². The molecule has 0 amide bonds. The predicted molar refractivity (Wildman–Crippen MR) is 472 cm³/mol. The smallest absolute Gasteiger partial charge is 0.360 e. The number of phenols is 1. The maximum Gasteiger partial charge on any atom is 0.360 e. The lowest BCUT2D eigenvalue weighted by Crippen LogP contribution is -2.19. The number of nitrogens with zero attached hydrogens (tertiary/aromatic N) is 5. The van der Waals surface area contributed by atoms with Crippen LogP contribution in [0.3, 0.4) is 0 Å². The molecule has 0 aliphatic rings. The average molecular weight is 2000 g/mol. The zero-order valence-electron chi connectivity index (χ0n) is 65.2. The number of halogens is 13. The molecular formula is C77H84Cl13N7O21S3. The largest absolute Gasteiger partial charge is 0.508 e. The molecule has 11 rings (SSSR count). The summed E-state index contributed by atoms with van der Waals surface area (Å²) in [5.41, 5.74) is 6.93. The lowest BCUT2D eigenvalue weighted by Gasteiger charge is -2.27. The van der Waals surface area contributed by atoms with Crippen LogP contribution >= 0.6 is 151 Å². The molecule has 0 saturated carbocycles. The number of ether oxygens (including phenoxy) is 6. The van der Waals surface area contributed by atoms with Crippen molar-refractivity contribution in [3.8, 4) is 34.5 Å². The molecule has 0 radical (unpaired) electrons. The number of phenolic OH excluding ortho intramolecular Hbond substituents is 1. The van der Waals surface area contributed by atoms with Crippen molar-refractivity contribution in [1.82, 2.24) is 24.9 Å². The third kappa shape index (κ3) is 37.0. The Morgan fingerprint density at radius 1 is 0.446 bits per heavy atom. The average Bonchev–Trinajstić information content (AvgIpc) is 1.41. The van der Waals surface area contributed by atoms with Gasteiger partial charge in [-0.05, 0) is 160 Å². The number of alkyl halides is 3. The van der Waals surface area contributed by atoms with Crippen molar-refractivity contribution in [1.29, 1.82) is 0 Å². The number of oxazole rings is 5. The SMILES string of the molecule is C.CC(C)(c1ccc(O)cc1)c1cc(Cl)c(OCCCl)c(Cl)c1.CC(C)(c1ccc(OCc2coc(Cl)n2)cc1)c1cc(Cl)c(OCCCl)c(Cl)c1.CC(C)(c1ccc(OCc2coc(NS(C)(=O)=O)n2)cc1)c1cc(Cl)c(OCCCl)c(Cl)c1.CCOC(=O)c1coc(Cl)n1.CS(=O)(=O)OCc1coc(Cl)n1.CS(N)(=O)=O.OCc1coc(Cl)n1. The van der Waals surface area contributed by atoms with Gasteiger partial charge in [0.1, 0.15) is 111 Å². The van der Waals surface area contributed by atoms with Crippen molar-refractivity contribution in [2.24, 2.45) is 5.14 Å². The second-order valence-electron chi connectivity index (χ2n) is 25.9. The molecule has 662 valence electrons. The Morgan fingerprint density at radius 3 is 1.03 bits per heavy atom. The van der Waals surface area contributed by atoms with Crippen LogP contribution < -0.4 is 33.5 Å². The van der Waals surface area contributed by atoms with Gasteiger partial charge in [-0.15, -0.1) is 34.8 Å². The van der Waals surface area contributed by atoms with Crippen molar-refractivity contribution in [2.45, 2.75) is 98.6 Å². The maximum atomic E-state index is 11.2. The summed E-state index contributed by atoms with van der Waals surface area (Å²) in [6, 6.07) is 33.5. The molecule has 0 saturated heterocycles. The summed E-state index contributed by atoms with van der Waals surface area (Å²) < 4.78 is 125. The number of carbonyl (C=O) groups excluding carboxylic acids is 1. The Bertz CT molecular complexity index is 5350. The number of anilines is 1. The summed E-state index contributed by atoms with van der Waals surface area (Å²) in [5.74, 6) is 3.43. The number of aliphatic hydroxyl groups is 1. The monoisotopic (exact) mass is 1990 g/mol. The molecule has 5 aromatic heterocycles. The van der Waals surface area contributed by atoms with E-state index < -0.39 is 41.5 Å². The number of primary sulfonamides is 1. The summed E-state index contributed by atoms with van der Waals surface area (Å²) in [5, 5.41) is 24.9. The van der Waals surface area contributed by atoms with E-state index in [1.54, 1.807) is 19.1 Å². The predicted octanol–water partition coefficient (Wildman–Crippen LogP) is 21.3. The molecule has 0 unspecified atom stereocenters. The zero-order valence-corrected chi connectivity index (χ0v) is 77.4. The molecule has 0 aliphatic heterocycles. The highest BCUT2D eigenvalue weighted by Crippen LogP contribution is 2.44. The molecule has 0 spiro atoms. The first kappa shape index (κ1) is 106. The Labute approximate surface area is 765 Å². The number of sulfonamides is 2. The molecule has 6 aromatic carbocycles. The molecule has 11 aromatic rings. The minimum atomic E-state index is -3.46. The van der Waals surface area contributed by atoms with Gasteiger partial charge in [-0.2, -0.15) is 18.4 Å². The van der Waals surface area contributed by atoms with Gasteiger partial charge in [-0.1, -0.05) is 155 Å². The van der Waals surface area contributed by atoms with Gasteiger partial charge in [0, 0.05) is 16.2 Å². The number of aliphatic hydroxyl groups excluding tert-OH is 1. The summed E-state index contributed by atoms with van der Waals surface area (Å²) in [4.78, 5) is 29.6.